The Kier molecular flexibility index (Phi) is 6.81. The van der Waals surface area contributed by atoms with Gasteiger partial charge in [-0.2, -0.15) is 4.31 Å². The van der Waals surface area contributed by atoms with Crippen LogP contribution in [0.15, 0.2) is 53.4 Å². The molecular weight excluding hydrogens is 414 g/mol. The van der Waals surface area contributed by atoms with E-state index in [2.05, 4.69) is 22.8 Å². The molecule has 2 heterocycles. The standard InChI is InChI=1S/C23H31N3O4S/c1-3-25-18-20(30-23-10-5-4-9-22(23)25)17-24(2)16-19-7-6-8-21(15-19)31(27,28)26-11-13-29-14-12-26/h4-10,15,20H,3,11-14,16-18H2,1-2H3. The van der Waals surface area contributed by atoms with Crippen LogP contribution < -0.4 is 9.64 Å². The molecular formula is C23H31N3O4S. The minimum atomic E-state index is -3.49. The third-order valence-corrected chi connectivity index (χ3v) is 7.67. The van der Waals surface area contributed by atoms with Gasteiger partial charge in [-0.05, 0) is 43.8 Å². The fourth-order valence-corrected chi connectivity index (χ4v) is 5.72. The summed E-state index contributed by atoms with van der Waals surface area (Å²) in [4.78, 5) is 4.88. The number of morpholine rings is 1. The van der Waals surface area contributed by atoms with E-state index in [-0.39, 0.29) is 6.10 Å². The van der Waals surface area contributed by atoms with Crippen LogP contribution >= 0.6 is 0 Å². The third-order valence-electron chi connectivity index (χ3n) is 5.78. The average Bonchev–Trinajstić information content (AvgIpc) is 2.79. The largest absolute Gasteiger partial charge is 0.485 e. The first-order chi connectivity index (χ1) is 15.0. The Labute approximate surface area is 185 Å². The fourth-order valence-electron chi connectivity index (χ4n) is 4.24. The maximum atomic E-state index is 13.0. The Morgan fingerprint density at radius 1 is 1.10 bits per heavy atom. The Hall–Kier alpha value is -2.13. The van der Waals surface area contributed by atoms with E-state index in [1.54, 1.807) is 12.1 Å². The highest BCUT2D eigenvalue weighted by Gasteiger charge is 2.27. The first-order valence-electron chi connectivity index (χ1n) is 10.8. The molecule has 2 aliphatic rings. The van der Waals surface area contributed by atoms with Crippen molar-refractivity contribution in [2.45, 2.75) is 24.5 Å². The summed E-state index contributed by atoms with van der Waals surface area (Å²) < 4.78 is 38.9. The number of para-hydroxylation sites is 2. The second-order valence-corrected chi connectivity index (χ2v) is 10.0. The smallest absolute Gasteiger partial charge is 0.243 e. The number of anilines is 1. The summed E-state index contributed by atoms with van der Waals surface area (Å²) in [6.45, 7) is 7.03. The highest BCUT2D eigenvalue weighted by atomic mass is 32.2. The summed E-state index contributed by atoms with van der Waals surface area (Å²) >= 11 is 0. The zero-order chi connectivity index (χ0) is 21.8. The van der Waals surface area contributed by atoms with Gasteiger partial charge in [0, 0.05) is 32.7 Å². The number of hydrogen-bond acceptors (Lipinski definition) is 6. The van der Waals surface area contributed by atoms with Gasteiger partial charge in [-0.25, -0.2) is 8.42 Å². The normalized spacial score (nSPS) is 19.8. The summed E-state index contributed by atoms with van der Waals surface area (Å²) in [6, 6.07) is 15.4. The molecule has 168 valence electrons. The van der Waals surface area contributed by atoms with Crippen molar-refractivity contribution in [3.8, 4) is 5.75 Å². The monoisotopic (exact) mass is 445 g/mol. The van der Waals surface area contributed by atoms with Crippen molar-refractivity contribution in [2.24, 2.45) is 0 Å². The predicted molar refractivity (Wildman–Crippen MR) is 121 cm³/mol. The van der Waals surface area contributed by atoms with Gasteiger partial charge in [0.15, 0.2) is 0 Å². The Balaban J connectivity index is 1.41. The number of nitrogens with zero attached hydrogens (tertiary/aromatic N) is 3. The lowest BCUT2D eigenvalue weighted by Crippen LogP contribution is -2.45. The Bertz CT molecular complexity index is 992. The van der Waals surface area contributed by atoms with Gasteiger partial charge in [0.05, 0.1) is 30.3 Å². The number of ether oxygens (including phenoxy) is 2. The SMILES string of the molecule is CCN1CC(CN(C)Cc2cccc(S(=O)(=O)N3CCOCC3)c2)Oc2ccccc21. The zero-order valence-corrected chi connectivity index (χ0v) is 19.1. The lowest BCUT2D eigenvalue weighted by Gasteiger charge is -2.37. The maximum absolute atomic E-state index is 13.0. The van der Waals surface area contributed by atoms with Crippen LogP contribution in [0.1, 0.15) is 12.5 Å². The van der Waals surface area contributed by atoms with Gasteiger partial charge >= 0.3 is 0 Å². The van der Waals surface area contributed by atoms with Crippen molar-refractivity contribution in [2.75, 3.05) is 57.9 Å². The molecule has 2 aromatic rings. The second kappa shape index (κ2) is 9.56. The van der Waals surface area contributed by atoms with Gasteiger partial charge in [0.25, 0.3) is 0 Å². The van der Waals surface area contributed by atoms with Gasteiger partial charge < -0.3 is 14.4 Å². The molecule has 0 bridgehead atoms. The van der Waals surface area contributed by atoms with Crippen molar-refractivity contribution in [1.29, 1.82) is 0 Å². The van der Waals surface area contributed by atoms with Crippen molar-refractivity contribution in [1.82, 2.24) is 9.21 Å². The van der Waals surface area contributed by atoms with Crippen molar-refractivity contribution >= 4 is 15.7 Å². The van der Waals surface area contributed by atoms with E-state index in [1.165, 1.54) is 4.31 Å². The molecule has 4 rings (SSSR count). The minimum Gasteiger partial charge on any atom is -0.485 e. The van der Waals surface area contributed by atoms with Crippen LogP contribution in [0.25, 0.3) is 0 Å². The Morgan fingerprint density at radius 2 is 1.87 bits per heavy atom. The number of likely N-dealkylation sites (N-methyl/N-ethyl adjacent to an activating group) is 2. The quantitative estimate of drug-likeness (QED) is 0.652. The first kappa shape index (κ1) is 22.1. The van der Waals surface area contributed by atoms with Crippen LogP contribution in [0.4, 0.5) is 5.69 Å². The van der Waals surface area contributed by atoms with Crippen LogP contribution in [0.2, 0.25) is 0 Å². The highest BCUT2D eigenvalue weighted by molar-refractivity contribution is 7.89. The molecule has 0 saturated carbocycles. The average molecular weight is 446 g/mol. The second-order valence-electron chi connectivity index (χ2n) is 8.11. The van der Waals surface area contributed by atoms with E-state index in [9.17, 15) is 8.42 Å². The van der Waals surface area contributed by atoms with Crippen molar-refractivity contribution < 1.29 is 17.9 Å². The summed E-state index contributed by atoms with van der Waals surface area (Å²) in [5, 5.41) is 0. The maximum Gasteiger partial charge on any atom is 0.243 e. The van der Waals surface area contributed by atoms with Gasteiger partial charge in [-0.1, -0.05) is 24.3 Å². The molecule has 1 unspecified atom stereocenters. The van der Waals surface area contributed by atoms with E-state index >= 15 is 0 Å². The Morgan fingerprint density at radius 3 is 2.65 bits per heavy atom. The number of sulfonamides is 1. The molecule has 0 spiro atoms. The molecule has 0 N–H and O–H groups in total. The molecule has 0 radical (unpaired) electrons. The molecule has 0 aliphatic carbocycles. The lowest BCUT2D eigenvalue weighted by molar-refractivity contribution is 0.0730. The molecule has 1 saturated heterocycles. The molecule has 0 amide bonds. The van der Waals surface area contributed by atoms with E-state index < -0.39 is 10.0 Å². The van der Waals surface area contributed by atoms with Gasteiger partial charge in [0.2, 0.25) is 10.0 Å². The van der Waals surface area contributed by atoms with E-state index in [4.69, 9.17) is 9.47 Å². The van der Waals surface area contributed by atoms with Gasteiger partial charge in [0.1, 0.15) is 11.9 Å². The van der Waals surface area contributed by atoms with Gasteiger partial charge in [-0.15, -0.1) is 0 Å². The van der Waals surface area contributed by atoms with E-state index in [0.29, 0.717) is 37.7 Å². The van der Waals surface area contributed by atoms with Gasteiger partial charge in [-0.3, -0.25) is 4.90 Å². The summed E-state index contributed by atoms with van der Waals surface area (Å²) in [7, 11) is -1.44. The van der Waals surface area contributed by atoms with Crippen LogP contribution in [0, 0.1) is 0 Å². The van der Waals surface area contributed by atoms with Crippen LogP contribution in [0.5, 0.6) is 5.75 Å². The molecule has 2 aromatic carbocycles. The van der Waals surface area contributed by atoms with Crippen molar-refractivity contribution in [3.63, 3.8) is 0 Å². The summed E-state index contributed by atoms with van der Waals surface area (Å²) in [5.74, 6) is 0.924. The van der Waals surface area contributed by atoms with Crippen LogP contribution in [0.3, 0.4) is 0 Å². The summed E-state index contributed by atoms with van der Waals surface area (Å²) in [5.41, 5.74) is 2.12. The molecule has 0 aromatic heterocycles. The first-order valence-corrected chi connectivity index (χ1v) is 12.3. The van der Waals surface area contributed by atoms with E-state index in [1.807, 2.05) is 37.4 Å². The molecule has 2 aliphatic heterocycles. The summed E-state index contributed by atoms with van der Waals surface area (Å²) in [6.07, 6.45) is 0.0557. The minimum absolute atomic E-state index is 0.0557. The molecule has 31 heavy (non-hydrogen) atoms. The topological polar surface area (TPSA) is 62.3 Å². The lowest BCUT2D eigenvalue weighted by atomic mass is 10.1. The predicted octanol–water partition coefficient (Wildman–Crippen LogP) is 2.43. The van der Waals surface area contributed by atoms with E-state index in [0.717, 1.165) is 36.6 Å². The number of rotatable bonds is 7. The number of fused-ring (bicyclic) bond motifs is 1. The molecule has 1 fully saturated rings. The molecule has 7 nitrogen and oxygen atoms in total. The number of hydrogen-bond donors (Lipinski definition) is 0. The third kappa shape index (κ3) is 5.03. The molecule has 1 atom stereocenters. The fraction of sp³-hybridized carbons (Fsp3) is 0.478. The highest BCUT2D eigenvalue weighted by Crippen LogP contribution is 2.33. The van der Waals surface area contributed by atoms with Crippen LogP contribution in [-0.2, 0) is 21.3 Å². The van der Waals surface area contributed by atoms with Crippen LogP contribution in [-0.4, -0.2) is 76.7 Å². The number of benzene rings is 2. The molecule has 8 heteroatoms. The zero-order valence-electron chi connectivity index (χ0n) is 18.2. The van der Waals surface area contributed by atoms with Crippen molar-refractivity contribution in [3.05, 3.63) is 54.1 Å².